The van der Waals surface area contributed by atoms with Crippen LogP contribution in [0.3, 0.4) is 0 Å². The Bertz CT molecular complexity index is 686. The standard InChI is InChI=1S/C17H26FN3O3S/c1-21(25(23,24)15-8-6-14(18)7-9-15)12-4-5-16(22)20-17(13-19)10-2-3-11-17/h6-9H,2-5,10-13,19H2,1H3,(H,20,22). The topological polar surface area (TPSA) is 92.5 Å². The van der Waals surface area contributed by atoms with Gasteiger partial charge in [0.1, 0.15) is 5.82 Å². The molecule has 0 radical (unpaired) electrons. The van der Waals surface area contributed by atoms with Crippen LogP contribution in [-0.4, -0.2) is 44.3 Å². The Kier molecular flexibility index (Phi) is 6.53. The van der Waals surface area contributed by atoms with Crippen LogP contribution in [0.2, 0.25) is 0 Å². The quantitative estimate of drug-likeness (QED) is 0.726. The highest BCUT2D eigenvalue weighted by atomic mass is 32.2. The fourth-order valence-electron chi connectivity index (χ4n) is 3.16. The zero-order chi connectivity index (χ0) is 18.5. The monoisotopic (exact) mass is 371 g/mol. The molecule has 1 aromatic carbocycles. The SMILES string of the molecule is CN(CCCC(=O)NC1(CN)CCCC1)S(=O)(=O)c1ccc(F)cc1. The number of hydrogen-bond acceptors (Lipinski definition) is 4. The predicted molar refractivity (Wildman–Crippen MR) is 93.8 cm³/mol. The molecular formula is C17H26FN3O3S. The summed E-state index contributed by atoms with van der Waals surface area (Å²) in [6.45, 7) is 0.639. The molecule has 0 heterocycles. The van der Waals surface area contributed by atoms with E-state index in [0.29, 0.717) is 13.0 Å². The number of nitrogens with two attached hydrogens (primary N) is 1. The van der Waals surface area contributed by atoms with Crippen LogP contribution in [0.1, 0.15) is 38.5 Å². The summed E-state index contributed by atoms with van der Waals surface area (Å²) < 4.78 is 38.9. The third kappa shape index (κ3) is 4.99. The summed E-state index contributed by atoms with van der Waals surface area (Å²) in [5.74, 6) is -0.584. The molecule has 0 atom stereocenters. The third-order valence-electron chi connectivity index (χ3n) is 4.75. The molecule has 1 aliphatic rings. The number of carbonyl (C=O) groups excluding carboxylic acids is 1. The van der Waals surface area contributed by atoms with Gasteiger partial charge in [-0.05, 0) is 43.5 Å². The molecule has 0 aliphatic heterocycles. The van der Waals surface area contributed by atoms with Crippen LogP contribution in [-0.2, 0) is 14.8 Å². The molecule has 0 bridgehead atoms. The van der Waals surface area contributed by atoms with Gasteiger partial charge < -0.3 is 11.1 Å². The lowest BCUT2D eigenvalue weighted by Crippen LogP contribution is -2.51. The average Bonchev–Trinajstić information content (AvgIpc) is 3.04. The summed E-state index contributed by atoms with van der Waals surface area (Å²) in [5, 5.41) is 3.02. The van der Waals surface area contributed by atoms with Gasteiger partial charge in [-0.2, -0.15) is 0 Å². The molecule has 0 unspecified atom stereocenters. The maximum atomic E-state index is 12.9. The van der Waals surface area contributed by atoms with Crippen molar-refractivity contribution in [2.24, 2.45) is 5.73 Å². The summed E-state index contributed by atoms with van der Waals surface area (Å²) in [6.07, 6.45) is 4.57. The van der Waals surface area contributed by atoms with Crippen molar-refractivity contribution in [3.05, 3.63) is 30.1 Å². The average molecular weight is 371 g/mol. The predicted octanol–water partition coefficient (Wildman–Crippen LogP) is 1.61. The van der Waals surface area contributed by atoms with Gasteiger partial charge in [0.05, 0.1) is 10.4 Å². The summed E-state index contributed by atoms with van der Waals surface area (Å²) in [4.78, 5) is 12.2. The third-order valence-corrected chi connectivity index (χ3v) is 6.63. The number of nitrogens with zero attached hydrogens (tertiary/aromatic N) is 1. The van der Waals surface area contributed by atoms with Crippen molar-refractivity contribution in [1.82, 2.24) is 9.62 Å². The van der Waals surface area contributed by atoms with E-state index in [1.807, 2.05) is 0 Å². The van der Waals surface area contributed by atoms with Crippen molar-refractivity contribution < 1.29 is 17.6 Å². The van der Waals surface area contributed by atoms with Gasteiger partial charge in [-0.25, -0.2) is 17.1 Å². The Labute approximate surface area is 148 Å². The molecule has 25 heavy (non-hydrogen) atoms. The molecule has 6 nitrogen and oxygen atoms in total. The van der Waals surface area contributed by atoms with E-state index in [-0.39, 0.29) is 29.3 Å². The molecular weight excluding hydrogens is 345 g/mol. The van der Waals surface area contributed by atoms with E-state index < -0.39 is 15.8 Å². The number of sulfonamides is 1. The first kappa shape index (κ1) is 19.8. The Morgan fingerprint density at radius 2 is 1.88 bits per heavy atom. The molecule has 1 aromatic rings. The van der Waals surface area contributed by atoms with E-state index in [2.05, 4.69) is 5.32 Å². The van der Waals surface area contributed by atoms with E-state index in [1.165, 1.54) is 23.5 Å². The molecule has 0 saturated heterocycles. The van der Waals surface area contributed by atoms with Crippen LogP contribution >= 0.6 is 0 Å². The fraction of sp³-hybridized carbons (Fsp3) is 0.588. The molecule has 0 spiro atoms. The normalized spacial score (nSPS) is 17.0. The first-order valence-electron chi connectivity index (χ1n) is 8.52. The second-order valence-corrected chi connectivity index (χ2v) is 8.67. The number of rotatable bonds is 8. The summed E-state index contributed by atoms with van der Waals surface area (Å²) in [7, 11) is -2.22. The molecule has 0 aromatic heterocycles. The number of halogens is 1. The lowest BCUT2D eigenvalue weighted by molar-refractivity contribution is -0.123. The molecule has 140 valence electrons. The minimum absolute atomic E-state index is 0.0360. The minimum Gasteiger partial charge on any atom is -0.349 e. The molecule has 8 heteroatoms. The van der Waals surface area contributed by atoms with Gasteiger partial charge in [-0.1, -0.05) is 12.8 Å². The number of hydrogen-bond donors (Lipinski definition) is 2. The second kappa shape index (κ2) is 8.25. The highest BCUT2D eigenvalue weighted by molar-refractivity contribution is 7.89. The van der Waals surface area contributed by atoms with Crippen molar-refractivity contribution in [2.75, 3.05) is 20.1 Å². The molecule has 3 N–H and O–H groups in total. The number of carbonyl (C=O) groups is 1. The zero-order valence-electron chi connectivity index (χ0n) is 14.5. The van der Waals surface area contributed by atoms with Gasteiger partial charge in [0.2, 0.25) is 15.9 Å². The van der Waals surface area contributed by atoms with Gasteiger partial charge >= 0.3 is 0 Å². The smallest absolute Gasteiger partial charge is 0.242 e. The fourth-order valence-corrected chi connectivity index (χ4v) is 4.37. The van der Waals surface area contributed by atoms with Crippen molar-refractivity contribution >= 4 is 15.9 Å². The Morgan fingerprint density at radius 1 is 1.28 bits per heavy atom. The van der Waals surface area contributed by atoms with Gasteiger partial charge in [0.25, 0.3) is 0 Å². The van der Waals surface area contributed by atoms with Crippen molar-refractivity contribution in [3.8, 4) is 0 Å². The Hall–Kier alpha value is -1.51. The molecule has 1 aliphatic carbocycles. The van der Waals surface area contributed by atoms with Crippen LogP contribution in [0.15, 0.2) is 29.2 Å². The summed E-state index contributed by atoms with van der Waals surface area (Å²) >= 11 is 0. The van der Waals surface area contributed by atoms with Crippen LogP contribution in [0, 0.1) is 5.82 Å². The van der Waals surface area contributed by atoms with Crippen LogP contribution in [0.5, 0.6) is 0 Å². The van der Waals surface area contributed by atoms with Crippen LogP contribution < -0.4 is 11.1 Å². The maximum absolute atomic E-state index is 12.9. The van der Waals surface area contributed by atoms with Gasteiger partial charge in [-0.15, -0.1) is 0 Å². The molecule has 1 fully saturated rings. The van der Waals surface area contributed by atoms with Gasteiger partial charge in [0, 0.05) is 26.6 Å². The van der Waals surface area contributed by atoms with Gasteiger partial charge in [-0.3, -0.25) is 4.79 Å². The van der Waals surface area contributed by atoms with Crippen LogP contribution in [0.4, 0.5) is 4.39 Å². The van der Waals surface area contributed by atoms with E-state index in [1.54, 1.807) is 0 Å². The zero-order valence-corrected chi connectivity index (χ0v) is 15.3. The highest BCUT2D eigenvalue weighted by Gasteiger charge is 2.33. The first-order chi connectivity index (χ1) is 11.8. The van der Waals surface area contributed by atoms with E-state index in [0.717, 1.165) is 37.8 Å². The van der Waals surface area contributed by atoms with Crippen molar-refractivity contribution in [3.63, 3.8) is 0 Å². The maximum Gasteiger partial charge on any atom is 0.242 e. The largest absolute Gasteiger partial charge is 0.349 e. The highest BCUT2D eigenvalue weighted by Crippen LogP contribution is 2.28. The molecule has 1 saturated carbocycles. The minimum atomic E-state index is -3.68. The van der Waals surface area contributed by atoms with E-state index >= 15 is 0 Å². The summed E-state index contributed by atoms with van der Waals surface area (Å²) in [5.41, 5.74) is 5.51. The first-order valence-corrected chi connectivity index (χ1v) is 9.96. The number of nitrogens with one attached hydrogen (secondary N) is 1. The second-order valence-electron chi connectivity index (χ2n) is 6.62. The Balaban J connectivity index is 1.84. The van der Waals surface area contributed by atoms with E-state index in [9.17, 15) is 17.6 Å². The van der Waals surface area contributed by atoms with Crippen molar-refractivity contribution in [2.45, 2.75) is 49.0 Å². The lowest BCUT2D eigenvalue weighted by Gasteiger charge is -2.28. The number of benzene rings is 1. The lowest BCUT2D eigenvalue weighted by atomic mass is 9.97. The number of amides is 1. The summed E-state index contributed by atoms with van der Waals surface area (Å²) in [6, 6.07) is 4.70. The van der Waals surface area contributed by atoms with Crippen LogP contribution in [0.25, 0.3) is 0 Å². The molecule has 1 amide bonds. The molecule has 2 rings (SSSR count). The van der Waals surface area contributed by atoms with Crippen molar-refractivity contribution in [1.29, 1.82) is 0 Å². The van der Waals surface area contributed by atoms with E-state index in [4.69, 9.17) is 5.73 Å². The van der Waals surface area contributed by atoms with Gasteiger partial charge in [0.15, 0.2) is 0 Å². The Morgan fingerprint density at radius 3 is 2.44 bits per heavy atom.